The topological polar surface area (TPSA) is 70.2 Å². The number of aromatic nitrogens is 2. The molecule has 1 saturated heterocycles. The molecule has 28 heavy (non-hydrogen) atoms. The molecule has 2 N–H and O–H groups in total. The van der Waals surface area contributed by atoms with E-state index in [1.165, 1.54) is 6.07 Å². The molecule has 144 valence electrons. The van der Waals surface area contributed by atoms with Crippen molar-refractivity contribution in [3.05, 3.63) is 53.3 Å². The molecule has 0 radical (unpaired) electrons. The Labute approximate surface area is 166 Å². The predicted octanol–water partition coefficient (Wildman–Crippen LogP) is 3.76. The van der Waals surface area contributed by atoms with E-state index < -0.39 is 0 Å². The summed E-state index contributed by atoms with van der Waals surface area (Å²) >= 11 is 1.57. The van der Waals surface area contributed by atoms with E-state index >= 15 is 0 Å². The standard InChI is InChI=1S/C20H20FN5OS/c1-13-4-5-14(11-16(13)21)15-12-24-19(25-18(15)17-3-2-10-28-17)22-6-8-26-9-7-23-20(26)27/h2-5,10-12H,6-9H2,1H3,(H,23,27)(H,22,24,25). The molecule has 2 aromatic heterocycles. The second-order valence-corrected chi connectivity index (χ2v) is 7.49. The Bertz CT molecular complexity index is 992. The molecule has 1 aromatic carbocycles. The van der Waals surface area contributed by atoms with E-state index in [2.05, 4.69) is 20.6 Å². The van der Waals surface area contributed by atoms with E-state index in [4.69, 9.17) is 0 Å². The van der Waals surface area contributed by atoms with Crippen molar-refractivity contribution >= 4 is 23.3 Å². The fourth-order valence-corrected chi connectivity index (χ4v) is 3.80. The first-order chi connectivity index (χ1) is 13.6. The van der Waals surface area contributed by atoms with E-state index in [-0.39, 0.29) is 11.8 Å². The number of aryl methyl sites for hydroxylation is 1. The van der Waals surface area contributed by atoms with Crippen LogP contribution < -0.4 is 10.6 Å². The number of carbonyl (C=O) groups is 1. The number of benzene rings is 1. The fraction of sp³-hybridized carbons (Fsp3) is 0.250. The Kier molecular flexibility index (Phi) is 5.21. The highest BCUT2D eigenvalue weighted by Crippen LogP contribution is 2.34. The van der Waals surface area contributed by atoms with Gasteiger partial charge in [-0.2, -0.15) is 0 Å². The van der Waals surface area contributed by atoms with Gasteiger partial charge < -0.3 is 15.5 Å². The first kappa shape index (κ1) is 18.4. The highest BCUT2D eigenvalue weighted by molar-refractivity contribution is 7.13. The van der Waals surface area contributed by atoms with Crippen molar-refractivity contribution in [3.8, 4) is 21.7 Å². The van der Waals surface area contributed by atoms with Crippen LogP contribution in [0.2, 0.25) is 0 Å². The van der Waals surface area contributed by atoms with Crippen LogP contribution in [0.25, 0.3) is 21.7 Å². The number of nitrogens with zero attached hydrogens (tertiary/aromatic N) is 3. The van der Waals surface area contributed by atoms with Crippen molar-refractivity contribution in [2.24, 2.45) is 0 Å². The Morgan fingerprint density at radius 3 is 2.96 bits per heavy atom. The second kappa shape index (κ2) is 7.93. The van der Waals surface area contributed by atoms with Crippen LogP contribution in [-0.2, 0) is 0 Å². The predicted molar refractivity (Wildman–Crippen MR) is 109 cm³/mol. The highest BCUT2D eigenvalue weighted by Gasteiger charge is 2.19. The van der Waals surface area contributed by atoms with Crippen LogP contribution >= 0.6 is 11.3 Å². The Morgan fingerprint density at radius 2 is 2.25 bits per heavy atom. The third kappa shape index (κ3) is 3.82. The number of rotatable bonds is 6. The molecule has 3 aromatic rings. The molecule has 6 nitrogen and oxygen atoms in total. The van der Waals surface area contributed by atoms with E-state index in [9.17, 15) is 9.18 Å². The number of nitrogens with one attached hydrogen (secondary N) is 2. The Hall–Kier alpha value is -3.00. The van der Waals surface area contributed by atoms with Gasteiger partial charge in [0.1, 0.15) is 5.82 Å². The van der Waals surface area contributed by atoms with Gasteiger partial charge in [0, 0.05) is 37.9 Å². The van der Waals surface area contributed by atoms with Gasteiger partial charge in [0.2, 0.25) is 5.95 Å². The molecule has 1 aliphatic rings. The fourth-order valence-electron chi connectivity index (χ4n) is 3.07. The summed E-state index contributed by atoms with van der Waals surface area (Å²) in [5, 5.41) is 7.94. The largest absolute Gasteiger partial charge is 0.352 e. The van der Waals surface area contributed by atoms with Gasteiger partial charge in [-0.15, -0.1) is 11.3 Å². The molecule has 1 fully saturated rings. The lowest BCUT2D eigenvalue weighted by Gasteiger charge is -2.15. The molecule has 2 amide bonds. The monoisotopic (exact) mass is 397 g/mol. The molecule has 3 heterocycles. The van der Waals surface area contributed by atoms with Gasteiger partial charge in [-0.05, 0) is 35.6 Å². The summed E-state index contributed by atoms with van der Waals surface area (Å²) in [5.74, 6) is 0.236. The van der Waals surface area contributed by atoms with Crippen LogP contribution in [0.1, 0.15) is 5.56 Å². The number of carbonyl (C=O) groups excluding carboxylic acids is 1. The second-order valence-electron chi connectivity index (χ2n) is 6.54. The molecule has 4 rings (SSSR count). The average molecular weight is 397 g/mol. The minimum atomic E-state index is -0.249. The van der Waals surface area contributed by atoms with Crippen LogP contribution in [0.5, 0.6) is 0 Å². The van der Waals surface area contributed by atoms with E-state index in [0.29, 0.717) is 37.7 Å². The average Bonchev–Trinajstić information content (AvgIpc) is 3.36. The lowest BCUT2D eigenvalue weighted by molar-refractivity contribution is 0.219. The number of hydrogen-bond acceptors (Lipinski definition) is 5. The number of anilines is 1. The van der Waals surface area contributed by atoms with Crippen LogP contribution in [0.4, 0.5) is 15.1 Å². The molecule has 0 spiro atoms. The summed E-state index contributed by atoms with van der Waals surface area (Å²) < 4.78 is 14.1. The van der Waals surface area contributed by atoms with Crippen molar-refractivity contribution in [1.29, 1.82) is 0 Å². The summed E-state index contributed by atoms with van der Waals surface area (Å²) in [5.41, 5.74) is 2.89. The first-order valence-electron chi connectivity index (χ1n) is 9.06. The zero-order chi connectivity index (χ0) is 19.5. The summed E-state index contributed by atoms with van der Waals surface area (Å²) in [7, 11) is 0. The highest BCUT2D eigenvalue weighted by atomic mass is 32.1. The van der Waals surface area contributed by atoms with Crippen molar-refractivity contribution in [2.45, 2.75) is 6.92 Å². The summed E-state index contributed by atoms with van der Waals surface area (Å²) in [4.78, 5) is 23.4. The van der Waals surface area contributed by atoms with Crippen LogP contribution in [0.3, 0.4) is 0 Å². The van der Waals surface area contributed by atoms with Gasteiger partial charge in [0.25, 0.3) is 0 Å². The zero-order valence-electron chi connectivity index (χ0n) is 15.4. The van der Waals surface area contributed by atoms with E-state index in [0.717, 1.165) is 21.7 Å². The summed E-state index contributed by atoms with van der Waals surface area (Å²) in [6, 6.07) is 9.06. The Morgan fingerprint density at radius 1 is 1.36 bits per heavy atom. The third-order valence-corrected chi connectivity index (χ3v) is 5.51. The number of urea groups is 1. The number of hydrogen-bond donors (Lipinski definition) is 2. The summed E-state index contributed by atoms with van der Waals surface area (Å²) in [6.07, 6.45) is 1.72. The van der Waals surface area contributed by atoms with Gasteiger partial charge in [-0.1, -0.05) is 18.2 Å². The van der Waals surface area contributed by atoms with Gasteiger partial charge >= 0.3 is 6.03 Å². The molecule has 8 heteroatoms. The van der Waals surface area contributed by atoms with Crippen molar-refractivity contribution in [3.63, 3.8) is 0 Å². The van der Waals surface area contributed by atoms with Gasteiger partial charge in [0.15, 0.2) is 0 Å². The molecular formula is C20H20FN5OS. The molecule has 0 bridgehead atoms. The first-order valence-corrected chi connectivity index (χ1v) is 9.94. The molecular weight excluding hydrogens is 377 g/mol. The molecule has 1 aliphatic heterocycles. The lowest BCUT2D eigenvalue weighted by Crippen LogP contribution is -2.32. The van der Waals surface area contributed by atoms with E-state index in [1.54, 1.807) is 35.4 Å². The SMILES string of the molecule is Cc1ccc(-c2cnc(NCCN3CCNC3=O)nc2-c2cccs2)cc1F. The van der Waals surface area contributed by atoms with E-state index in [1.807, 2.05) is 23.6 Å². The number of amides is 2. The molecule has 0 unspecified atom stereocenters. The maximum atomic E-state index is 14.1. The smallest absolute Gasteiger partial charge is 0.317 e. The number of halogens is 1. The van der Waals surface area contributed by atoms with Gasteiger partial charge in [0.05, 0.1) is 10.6 Å². The van der Waals surface area contributed by atoms with Crippen molar-refractivity contribution < 1.29 is 9.18 Å². The summed E-state index contributed by atoms with van der Waals surface area (Å²) in [6.45, 7) is 4.26. The van der Waals surface area contributed by atoms with Crippen LogP contribution in [0, 0.1) is 12.7 Å². The Balaban J connectivity index is 1.59. The minimum Gasteiger partial charge on any atom is -0.352 e. The molecule has 0 atom stereocenters. The minimum absolute atomic E-state index is 0.0428. The quantitative estimate of drug-likeness (QED) is 0.665. The van der Waals surface area contributed by atoms with Crippen molar-refractivity contribution in [2.75, 3.05) is 31.5 Å². The zero-order valence-corrected chi connectivity index (χ0v) is 16.2. The third-order valence-electron chi connectivity index (χ3n) is 4.64. The molecule has 0 saturated carbocycles. The van der Waals surface area contributed by atoms with Gasteiger partial charge in [-0.3, -0.25) is 0 Å². The number of thiophene rings is 1. The maximum Gasteiger partial charge on any atom is 0.317 e. The van der Waals surface area contributed by atoms with Gasteiger partial charge in [-0.25, -0.2) is 19.2 Å². The van der Waals surface area contributed by atoms with Crippen molar-refractivity contribution in [1.82, 2.24) is 20.2 Å². The van der Waals surface area contributed by atoms with Crippen LogP contribution in [0.15, 0.2) is 41.9 Å². The molecule has 0 aliphatic carbocycles. The maximum absolute atomic E-state index is 14.1. The normalized spacial score (nSPS) is 13.6. The van der Waals surface area contributed by atoms with Crippen LogP contribution in [-0.4, -0.2) is 47.1 Å². The lowest BCUT2D eigenvalue weighted by atomic mass is 10.0.